The van der Waals surface area contributed by atoms with E-state index in [1.165, 1.54) is 6.92 Å². The fourth-order valence-electron chi connectivity index (χ4n) is 3.14. The van der Waals surface area contributed by atoms with Crippen molar-refractivity contribution in [2.75, 3.05) is 0 Å². The number of rotatable bonds is 8. The van der Waals surface area contributed by atoms with E-state index in [-0.39, 0.29) is 12.4 Å². The first-order valence-corrected chi connectivity index (χ1v) is 9.54. The standard InChI is InChI=1S/C24H25NO4/c1-16-7-9-21(10-8-16)23(26)22-11-17(2)13-25(22)14-19-5-4-6-20(12-19)15-29-18(3)24(27)28/h4-13,18H,14-15H2,1-3H3,(H,27,28)/t18-/m1/s1. The summed E-state index contributed by atoms with van der Waals surface area (Å²) < 4.78 is 7.32. The van der Waals surface area contributed by atoms with Crippen molar-refractivity contribution >= 4 is 11.8 Å². The number of aliphatic carboxylic acids is 1. The van der Waals surface area contributed by atoms with Gasteiger partial charge in [-0.3, -0.25) is 4.79 Å². The highest BCUT2D eigenvalue weighted by Crippen LogP contribution is 2.17. The normalized spacial score (nSPS) is 12.0. The molecule has 0 radical (unpaired) electrons. The molecule has 0 fully saturated rings. The van der Waals surface area contributed by atoms with E-state index in [4.69, 9.17) is 9.84 Å². The zero-order valence-corrected chi connectivity index (χ0v) is 16.9. The monoisotopic (exact) mass is 391 g/mol. The van der Waals surface area contributed by atoms with Gasteiger partial charge in [-0.1, -0.05) is 54.1 Å². The number of hydrogen-bond donors (Lipinski definition) is 1. The van der Waals surface area contributed by atoms with Gasteiger partial charge < -0.3 is 14.4 Å². The molecule has 0 aliphatic carbocycles. The summed E-state index contributed by atoms with van der Waals surface area (Å²) in [4.78, 5) is 23.9. The van der Waals surface area contributed by atoms with Gasteiger partial charge in [-0.15, -0.1) is 0 Å². The van der Waals surface area contributed by atoms with Gasteiger partial charge >= 0.3 is 5.97 Å². The number of carbonyl (C=O) groups is 2. The molecule has 0 amide bonds. The Kier molecular flexibility index (Phi) is 6.29. The Morgan fingerprint density at radius 3 is 2.38 bits per heavy atom. The number of carbonyl (C=O) groups excluding carboxylic acids is 1. The molecule has 1 aromatic heterocycles. The molecule has 0 bridgehead atoms. The lowest BCUT2D eigenvalue weighted by atomic mass is 10.1. The van der Waals surface area contributed by atoms with Crippen LogP contribution in [0.5, 0.6) is 0 Å². The highest BCUT2D eigenvalue weighted by atomic mass is 16.5. The van der Waals surface area contributed by atoms with Crippen LogP contribution in [0.2, 0.25) is 0 Å². The van der Waals surface area contributed by atoms with Crippen LogP contribution in [-0.2, 0) is 22.7 Å². The van der Waals surface area contributed by atoms with Crippen LogP contribution in [0.25, 0.3) is 0 Å². The van der Waals surface area contributed by atoms with Crippen LogP contribution in [0.3, 0.4) is 0 Å². The predicted molar refractivity (Wildman–Crippen MR) is 111 cm³/mol. The summed E-state index contributed by atoms with van der Waals surface area (Å²) in [5.74, 6) is -0.990. The van der Waals surface area contributed by atoms with E-state index in [2.05, 4.69) is 0 Å². The van der Waals surface area contributed by atoms with E-state index in [0.717, 1.165) is 22.3 Å². The number of ketones is 1. The molecule has 5 heteroatoms. The number of ether oxygens (including phenoxy) is 1. The quantitative estimate of drug-likeness (QED) is 0.579. The van der Waals surface area contributed by atoms with Gasteiger partial charge in [0.15, 0.2) is 6.10 Å². The van der Waals surface area contributed by atoms with Crippen molar-refractivity contribution in [2.24, 2.45) is 0 Å². The van der Waals surface area contributed by atoms with Gasteiger partial charge in [-0.2, -0.15) is 0 Å². The maximum absolute atomic E-state index is 13.0. The predicted octanol–water partition coefficient (Wildman–Crippen LogP) is 4.37. The zero-order chi connectivity index (χ0) is 21.0. The molecule has 2 aromatic carbocycles. The summed E-state index contributed by atoms with van der Waals surface area (Å²) in [5, 5.41) is 8.94. The molecule has 1 N–H and O–H groups in total. The van der Waals surface area contributed by atoms with Gasteiger partial charge in [0.25, 0.3) is 0 Å². The lowest BCUT2D eigenvalue weighted by Gasteiger charge is -2.12. The summed E-state index contributed by atoms with van der Waals surface area (Å²) >= 11 is 0. The lowest BCUT2D eigenvalue weighted by Crippen LogP contribution is -2.19. The number of aryl methyl sites for hydroxylation is 2. The maximum atomic E-state index is 13.0. The van der Waals surface area contributed by atoms with Crippen molar-refractivity contribution in [1.82, 2.24) is 4.57 Å². The topological polar surface area (TPSA) is 68.5 Å². The summed E-state index contributed by atoms with van der Waals surface area (Å²) in [7, 11) is 0. The van der Waals surface area contributed by atoms with Gasteiger partial charge in [-0.05, 0) is 43.5 Å². The first-order chi connectivity index (χ1) is 13.8. The number of carboxylic acids is 1. The third kappa shape index (κ3) is 5.21. The second-order valence-corrected chi connectivity index (χ2v) is 7.34. The molecular weight excluding hydrogens is 366 g/mol. The Bertz CT molecular complexity index is 1020. The average Bonchev–Trinajstić information content (AvgIpc) is 3.06. The Balaban J connectivity index is 1.79. The van der Waals surface area contributed by atoms with Gasteiger partial charge in [-0.25, -0.2) is 4.79 Å². The molecule has 0 aliphatic rings. The first-order valence-electron chi connectivity index (χ1n) is 9.54. The summed E-state index contributed by atoms with van der Waals surface area (Å²) in [6, 6.07) is 17.3. The minimum atomic E-state index is -0.983. The molecule has 29 heavy (non-hydrogen) atoms. The van der Waals surface area contributed by atoms with Crippen molar-refractivity contribution in [1.29, 1.82) is 0 Å². The molecule has 0 saturated heterocycles. The third-order valence-electron chi connectivity index (χ3n) is 4.77. The van der Waals surface area contributed by atoms with E-state index in [1.54, 1.807) is 0 Å². The first kappa shape index (κ1) is 20.6. The van der Waals surface area contributed by atoms with Gasteiger partial charge in [0.05, 0.1) is 12.3 Å². The number of carboxylic acid groups (broad SMARTS) is 1. The van der Waals surface area contributed by atoms with Crippen molar-refractivity contribution in [2.45, 2.75) is 40.0 Å². The fraction of sp³-hybridized carbons (Fsp3) is 0.250. The minimum Gasteiger partial charge on any atom is -0.479 e. The van der Waals surface area contributed by atoms with Crippen LogP contribution in [0.4, 0.5) is 0 Å². The fourth-order valence-corrected chi connectivity index (χ4v) is 3.14. The van der Waals surface area contributed by atoms with Crippen molar-refractivity contribution in [3.8, 4) is 0 Å². The van der Waals surface area contributed by atoms with Crippen molar-refractivity contribution < 1.29 is 19.4 Å². The Morgan fingerprint density at radius 1 is 1.00 bits per heavy atom. The van der Waals surface area contributed by atoms with E-state index < -0.39 is 12.1 Å². The Morgan fingerprint density at radius 2 is 1.69 bits per heavy atom. The molecule has 5 nitrogen and oxygen atoms in total. The molecule has 150 valence electrons. The van der Waals surface area contributed by atoms with Gasteiger partial charge in [0, 0.05) is 18.3 Å². The lowest BCUT2D eigenvalue weighted by molar-refractivity contribution is -0.149. The molecule has 1 atom stereocenters. The van der Waals surface area contributed by atoms with E-state index in [1.807, 2.05) is 79.2 Å². The number of benzene rings is 2. The Labute approximate surface area is 170 Å². The number of hydrogen-bond acceptors (Lipinski definition) is 3. The minimum absolute atomic E-state index is 0.00660. The second-order valence-electron chi connectivity index (χ2n) is 7.34. The van der Waals surface area contributed by atoms with Crippen molar-refractivity contribution in [3.63, 3.8) is 0 Å². The molecule has 1 heterocycles. The molecule has 0 aliphatic heterocycles. The molecule has 0 spiro atoms. The zero-order valence-electron chi connectivity index (χ0n) is 16.9. The van der Waals surface area contributed by atoms with E-state index >= 15 is 0 Å². The van der Waals surface area contributed by atoms with E-state index in [9.17, 15) is 9.59 Å². The van der Waals surface area contributed by atoms with Crippen LogP contribution in [-0.4, -0.2) is 27.5 Å². The van der Waals surface area contributed by atoms with Crippen molar-refractivity contribution in [3.05, 3.63) is 94.3 Å². The highest BCUT2D eigenvalue weighted by Gasteiger charge is 2.15. The summed E-state index contributed by atoms with van der Waals surface area (Å²) in [6.07, 6.45) is 1.11. The number of aromatic nitrogens is 1. The molecular formula is C24H25NO4. The average molecular weight is 391 g/mol. The smallest absolute Gasteiger partial charge is 0.332 e. The van der Waals surface area contributed by atoms with E-state index in [0.29, 0.717) is 17.8 Å². The molecule has 0 saturated carbocycles. The van der Waals surface area contributed by atoms with Gasteiger partial charge in [0.2, 0.25) is 5.78 Å². The SMILES string of the molecule is Cc1ccc(C(=O)c2cc(C)cn2Cc2cccc(CO[C@H](C)C(=O)O)c2)cc1. The van der Waals surface area contributed by atoms with Crippen LogP contribution in [0, 0.1) is 13.8 Å². The van der Waals surface area contributed by atoms with Gasteiger partial charge in [0.1, 0.15) is 0 Å². The largest absolute Gasteiger partial charge is 0.479 e. The Hall–Kier alpha value is -3.18. The molecule has 3 aromatic rings. The summed E-state index contributed by atoms with van der Waals surface area (Å²) in [5.41, 5.74) is 5.36. The number of nitrogens with zero attached hydrogens (tertiary/aromatic N) is 1. The van der Waals surface area contributed by atoms with Crippen LogP contribution in [0.15, 0.2) is 60.8 Å². The summed E-state index contributed by atoms with van der Waals surface area (Å²) in [6.45, 7) is 6.25. The highest BCUT2D eigenvalue weighted by molar-refractivity contribution is 6.08. The van der Waals surface area contributed by atoms with Crippen LogP contribution >= 0.6 is 0 Å². The molecule has 0 unspecified atom stereocenters. The maximum Gasteiger partial charge on any atom is 0.332 e. The van der Waals surface area contributed by atoms with Crippen LogP contribution in [0.1, 0.15) is 45.2 Å². The second kappa shape index (κ2) is 8.88. The molecule has 3 rings (SSSR count). The van der Waals surface area contributed by atoms with Crippen LogP contribution < -0.4 is 0 Å². The third-order valence-corrected chi connectivity index (χ3v) is 4.77.